The van der Waals surface area contributed by atoms with Crippen LogP contribution in [0.5, 0.6) is 5.75 Å². The number of hydrogen-bond acceptors (Lipinski definition) is 5. The zero-order chi connectivity index (χ0) is 23.7. The molecule has 9 heteroatoms. The van der Waals surface area contributed by atoms with E-state index in [1.807, 2.05) is 20.8 Å². The van der Waals surface area contributed by atoms with Crippen LogP contribution in [0.15, 0.2) is 41.3 Å². The second kappa shape index (κ2) is 8.82. The molecule has 8 nitrogen and oxygen atoms in total. The molecule has 1 aliphatic heterocycles. The molecule has 2 N–H and O–H groups in total. The van der Waals surface area contributed by atoms with Crippen molar-refractivity contribution < 1.29 is 22.7 Å². The lowest BCUT2D eigenvalue weighted by Gasteiger charge is -2.27. The molecule has 0 radical (unpaired) electrons. The zero-order valence-corrected chi connectivity index (χ0v) is 19.8. The van der Waals surface area contributed by atoms with Crippen LogP contribution in [0.3, 0.4) is 0 Å². The fraction of sp³-hybridized carbons (Fsp3) is 0.391. The van der Waals surface area contributed by atoms with E-state index in [9.17, 15) is 18.0 Å². The van der Waals surface area contributed by atoms with Crippen LogP contribution in [-0.4, -0.2) is 33.4 Å². The quantitative estimate of drug-likeness (QED) is 0.681. The molecular weight excluding hydrogens is 430 g/mol. The van der Waals surface area contributed by atoms with E-state index in [4.69, 9.17) is 4.74 Å². The van der Waals surface area contributed by atoms with Crippen molar-refractivity contribution >= 4 is 38.9 Å². The van der Waals surface area contributed by atoms with Gasteiger partial charge < -0.3 is 15.0 Å². The third-order valence-corrected chi connectivity index (χ3v) is 6.84. The molecule has 2 aromatic rings. The van der Waals surface area contributed by atoms with Gasteiger partial charge in [0.1, 0.15) is 12.4 Å². The molecule has 0 spiro atoms. The van der Waals surface area contributed by atoms with Crippen molar-refractivity contribution in [3.8, 4) is 5.75 Å². The summed E-state index contributed by atoms with van der Waals surface area (Å²) < 4.78 is 34.5. The molecule has 0 atom stereocenters. The van der Waals surface area contributed by atoms with Crippen molar-refractivity contribution in [1.82, 2.24) is 0 Å². The van der Waals surface area contributed by atoms with Gasteiger partial charge in [-0.25, -0.2) is 8.42 Å². The summed E-state index contributed by atoms with van der Waals surface area (Å²) in [5.74, 6) is 0.295. The van der Waals surface area contributed by atoms with Crippen molar-refractivity contribution in [3.63, 3.8) is 0 Å². The van der Waals surface area contributed by atoms with Gasteiger partial charge in [0.05, 0.1) is 21.7 Å². The predicted octanol–water partition coefficient (Wildman–Crippen LogP) is 3.92. The average Bonchev–Trinajstić information content (AvgIpc) is 2.81. The fourth-order valence-electron chi connectivity index (χ4n) is 3.51. The van der Waals surface area contributed by atoms with Gasteiger partial charge in [0.2, 0.25) is 11.8 Å². The van der Waals surface area contributed by atoms with Crippen LogP contribution in [0.1, 0.15) is 39.7 Å². The number of amides is 2. The number of carbonyl (C=O) groups is 2. The lowest BCUT2D eigenvalue weighted by atomic mass is 9.93. The van der Waals surface area contributed by atoms with Crippen molar-refractivity contribution in [2.24, 2.45) is 5.41 Å². The first kappa shape index (κ1) is 23.6. The summed E-state index contributed by atoms with van der Waals surface area (Å²) in [4.78, 5) is 26.2. The van der Waals surface area contributed by atoms with Gasteiger partial charge >= 0.3 is 0 Å². The van der Waals surface area contributed by atoms with E-state index in [-0.39, 0.29) is 23.3 Å². The Bertz CT molecular complexity index is 1160. The van der Waals surface area contributed by atoms with Gasteiger partial charge in [-0.2, -0.15) is 0 Å². The molecule has 2 amide bonds. The van der Waals surface area contributed by atoms with Crippen molar-refractivity contribution in [2.75, 3.05) is 28.1 Å². The van der Waals surface area contributed by atoms with Crippen LogP contribution in [0.2, 0.25) is 0 Å². The summed E-state index contributed by atoms with van der Waals surface area (Å²) in [6, 6.07) is 9.52. The smallest absolute Gasteiger partial charge is 0.262 e. The molecule has 1 aliphatic rings. The normalized spacial score (nSPS) is 15.4. The Morgan fingerprint density at radius 2 is 1.81 bits per heavy atom. The lowest BCUT2D eigenvalue weighted by Crippen LogP contribution is -2.42. The standard InChI is InChI=1S/C23H29N3O5S/c1-6-21(27)24-16-9-11-20(15(3)12-16)32(29,30)25-17-8-10-19-18(13-17)26(7-2)22(28)23(4,5)14-31-19/h8-13,25H,6-7,14H2,1-5H3,(H,24,27). The number of ether oxygens (including phenoxy) is 1. The Balaban J connectivity index is 1.91. The van der Waals surface area contributed by atoms with Crippen LogP contribution in [-0.2, 0) is 19.6 Å². The first-order valence-corrected chi connectivity index (χ1v) is 12.0. The minimum atomic E-state index is -3.90. The molecule has 0 bridgehead atoms. The molecule has 0 saturated heterocycles. The Morgan fingerprint density at radius 3 is 2.44 bits per heavy atom. The first-order chi connectivity index (χ1) is 15.0. The number of fused-ring (bicyclic) bond motifs is 1. The van der Waals surface area contributed by atoms with E-state index in [1.165, 1.54) is 6.07 Å². The van der Waals surface area contributed by atoms with Crippen molar-refractivity contribution in [1.29, 1.82) is 0 Å². The number of nitrogens with zero attached hydrogens (tertiary/aromatic N) is 1. The van der Waals surface area contributed by atoms with Gasteiger partial charge in [-0.15, -0.1) is 0 Å². The number of nitrogens with one attached hydrogen (secondary N) is 2. The Labute approximate surface area is 189 Å². The second-order valence-corrected chi connectivity index (χ2v) is 10.0. The monoisotopic (exact) mass is 459 g/mol. The minimum Gasteiger partial charge on any atom is -0.490 e. The first-order valence-electron chi connectivity index (χ1n) is 10.5. The highest BCUT2D eigenvalue weighted by Crippen LogP contribution is 2.38. The summed E-state index contributed by atoms with van der Waals surface area (Å²) in [6.07, 6.45) is 0.331. The van der Waals surface area contributed by atoms with Crippen molar-refractivity contribution in [2.45, 2.75) is 45.9 Å². The molecule has 0 unspecified atom stereocenters. The summed E-state index contributed by atoms with van der Waals surface area (Å²) >= 11 is 0. The number of carbonyl (C=O) groups excluding carboxylic acids is 2. The number of anilines is 3. The van der Waals surface area contributed by atoms with Gasteiger partial charge in [-0.05, 0) is 69.7 Å². The van der Waals surface area contributed by atoms with Gasteiger partial charge in [0.25, 0.3) is 10.0 Å². The highest BCUT2D eigenvalue weighted by molar-refractivity contribution is 7.92. The molecule has 3 rings (SSSR count). The maximum atomic E-state index is 13.1. The van der Waals surface area contributed by atoms with Crippen LogP contribution in [0.25, 0.3) is 0 Å². The average molecular weight is 460 g/mol. The zero-order valence-electron chi connectivity index (χ0n) is 19.0. The summed E-state index contributed by atoms with van der Waals surface area (Å²) in [5.41, 5.74) is 1.19. The molecule has 0 aliphatic carbocycles. The maximum absolute atomic E-state index is 13.1. The van der Waals surface area contributed by atoms with E-state index in [1.54, 1.807) is 49.1 Å². The van der Waals surface area contributed by atoms with Gasteiger partial charge in [-0.1, -0.05) is 6.92 Å². The number of sulfonamides is 1. The Morgan fingerprint density at radius 1 is 1.12 bits per heavy atom. The predicted molar refractivity (Wildman–Crippen MR) is 125 cm³/mol. The van der Waals surface area contributed by atoms with Crippen LogP contribution >= 0.6 is 0 Å². The highest BCUT2D eigenvalue weighted by Gasteiger charge is 2.37. The summed E-state index contributed by atoms with van der Waals surface area (Å²) in [7, 11) is -3.90. The fourth-order valence-corrected chi connectivity index (χ4v) is 4.79. The van der Waals surface area contributed by atoms with Crippen LogP contribution in [0, 0.1) is 12.3 Å². The van der Waals surface area contributed by atoms with Crippen molar-refractivity contribution in [3.05, 3.63) is 42.0 Å². The molecule has 0 fully saturated rings. The number of benzene rings is 2. The SMILES string of the molecule is CCC(=O)Nc1ccc(S(=O)(=O)Nc2ccc3c(c2)N(CC)C(=O)C(C)(C)CO3)c(C)c1. The maximum Gasteiger partial charge on any atom is 0.262 e. The van der Waals surface area contributed by atoms with E-state index in [2.05, 4.69) is 10.0 Å². The largest absolute Gasteiger partial charge is 0.490 e. The van der Waals surface area contributed by atoms with Gasteiger partial charge in [0, 0.05) is 18.7 Å². The lowest BCUT2D eigenvalue weighted by molar-refractivity contribution is -0.127. The topological polar surface area (TPSA) is 105 Å². The molecule has 0 saturated carbocycles. The van der Waals surface area contributed by atoms with E-state index < -0.39 is 15.4 Å². The van der Waals surface area contributed by atoms with Gasteiger partial charge in [0.15, 0.2) is 0 Å². The summed E-state index contributed by atoms with van der Waals surface area (Å²) in [6.45, 7) is 9.58. The van der Waals surface area contributed by atoms with E-state index >= 15 is 0 Å². The second-order valence-electron chi connectivity index (χ2n) is 8.39. The highest BCUT2D eigenvalue weighted by atomic mass is 32.2. The number of hydrogen-bond donors (Lipinski definition) is 2. The van der Waals surface area contributed by atoms with Crippen LogP contribution in [0.4, 0.5) is 17.1 Å². The number of rotatable bonds is 6. The van der Waals surface area contributed by atoms with E-state index in [0.717, 1.165) is 0 Å². The van der Waals surface area contributed by atoms with Gasteiger partial charge in [-0.3, -0.25) is 14.3 Å². The Kier molecular flexibility index (Phi) is 6.50. The molecule has 32 heavy (non-hydrogen) atoms. The molecule has 2 aromatic carbocycles. The molecular formula is C23H29N3O5S. The molecule has 1 heterocycles. The third kappa shape index (κ3) is 4.72. The third-order valence-electron chi connectivity index (χ3n) is 5.30. The Hall–Kier alpha value is -3.07. The number of aryl methyl sites for hydroxylation is 1. The molecule has 0 aromatic heterocycles. The summed E-state index contributed by atoms with van der Waals surface area (Å²) in [5, 5.41) is 2.72. The minimum absolute atomic E-state index is 0.0840. The van der Waals surface area contributed by atoms with Crippen LogP contribution < -0.4 is 19.7 Å². The molecule has 172 valence electrons. The van der Waals surface area contributed by atoms with E-state index in [0.29, 0.717) is 41.3 Å².